The number of esters is 1. The van der Waals surface area contributed by atoms with E-state index in [1.54, 1.807) is 7.11 Å². The Morgan fingerprint density at radius 1 is 1.11 bits per heavy atom. The van der Waals surface area contributed by atoms with Gasteiger partial charge in [0, 0.05) is 56.3 Å². The van der Waals surface area contributed by atoms with E-state index in [0.717, 1.165) is 48.6 Å². The first-order valence-electron chi connectivity index (χ1n) is 12.3. The van der Waals surface area contributed by atoms with Gasteiger partial charge in [0.1, 0.15) is 17.1 Å². The molecule has 8 nitrogen and oxygen atoms in total. The number of carbonyl (C=O) groups excluding carboxylic acids is 1. The third-order valence-corrected chi connectivity index (χ3v) is 6.55. The molecule has 1 aromatic heterocycles. The lowest BCUT2D eigenvalue weighted by atomic mass is 9.98. The van der Waals surface area contributed by atoms with Crippen LogP contribution in [-0.4, -0.2) is 55.4 Å². The first-order valence-corrected chi connectivity index (χ1v) is 12.3. The molecule has 0 atom stereocenters. The van der Waals surface area contributed by atoms with Crippen molar-refractivity contribution in [2.45, 2.75) is 46.3 Å². The number of piperazine rings is 1. The highest BCUT2D eigenvalue weighted by Crippen LogP contribution is 2.34. The molecule has 1 N–H and O–H groups in total. The summed E-state index contributed by atoms with van der Waals surface area (Å²) < 4.78 is 16.1. The minimum atomic E-state index is -0.446. The van der Waals surface area contributed by atoms with Crippen molar-refractivity contribution in [3.8, 4) is 11.5 Å². The molecular formula is C28H34N2O6. The molecule has 0 aliphatic carbocycles. The normalized spacial score (nSPS) is 14.4. The lowest BCUT2D eigenvalue weighted by Crippen LogP contribution is -2.46. The average molecular weight is 495 g/mol. The molecule has 4 rings (SSSR count). The van der Waals surface area contributed by atoms with Crippen molar-refractivity contribution in [3.63, 3.8) is 0 Å². The average Bonchev–Trinajstić information content (AvgIpc) is 2.85. The number of hydrogen-bond acceptors (Lipinski definition) is 8. The number of carbonyl (C=O) groups is 1. The van der Waals surface area contributed by atoms with Gasteiger partial charge in [-0.05, 0) is 68.7 Å². The number of rotatable bonds is 8. The summed E-state index contributed by atoms with van der Waals surface area (Å²) in [5, 5.41) is 12.0. The van der Waals surface area contributed by atoms with Crippen molar-refractivity contribution in [1.29, 1.82) is 0 Å². The highest BCUT2D eigenvalue weighted by Gasteiger charge is 2.23. The Morgan fingerprint density at radius 2 is 1.81 bits per heavy atom. The second kappa shape index (κ2) is 11.0. The van der Waals surface area contributed by atoms with E-state index in [-0.39, 0.29) is 24.2 Å². The molecule has 0 spiro atoms. The zero-order valence-electron chi connectivity index (χ0n) is 21.4. The number of ether oxygens (including phenoxy) is 2. The predicted octanol–water partition coefficient (Wildman–Crippen LogP) is 4.02. The van der Waals surface area contributed by atoms with Crippen molar-refractivity contribution in [3.05, 3.63) is 63.5 Å². The van der Waals surface area contributed by atoms with Gasteiger partial charge in [0.2, 0.25) is 0 Å². The number of aryl methyl sites for hydroxylation is 2. The van der Waals surface area contributed by atoms with Gasteiger partial charge < -0.3 is 23.9 Å². The van der Waals surface area contributed by atoms with Gasteiger partial charge in [0.15, 0.2) is 0 Å². The molecule has 1 saturated heterocycles. The number of fused-ring (bicyclic) bond motifs is 1. The Labute approximate surface area is 211 Å². The lowest BCUT2D eigenvalue weighted by Gasteiger charge is -2.36. The summed E-state index contributed by atoms with van der Waals surface area (Å²) in [5.74, 6) is 0.595. The van der Waals surface area contributed by atoms with Crippen LogP contribution < -0.4 is 15.3 Å². The summed E-state index contributed by atoms with van der Waals surface area (Å²) in [5.41, 5.74) is 3.10. The van der Waals surface area contributed by atoms with Crippen LogP contribution >= 0.6 is 0 Å². The van der Waals surface area contributed by atoms with Crippen LogP contribution in [0.5, 0.6) is 11.5 Å². The second-order valence-corrected chi connectivity index (χ2v) is 9.49. The van der Waals surface area contributed by atoms with Crippen LogP contribution in [0.3, 0.4) is 0 Å². The van der Waals surface area contributed by atoms with E-state index >= 15 is 0 Å². The third-order valence-electron chi connectivity index (χ3n) is 6.55. The summed E-state index contributed by atoms with van der Waals surface area (Å²) in [7, 11) is 1.66. The van der Waals surface area contributed by atoms with Crippen LogP contribution in [0.25, 0.3) is 11.0 Å². The maximum Gasteiger partial charge on any atom is 0.336 e. The molecule has 0 amide bonds. The second-order valence-electron chi connectivity index (χ2n) is 9.49. The maximum atomic E-state index is 12.2. The molecule has 1 fully saturated rings. The van der Waals surface area contributed by atoms with Gasteiger partial charge in [-0.15, -0.1) is 0 Å². The molecule has 192 valence electrons. The molecule has 36 heavy (non-hydrogen) atoms. The summed E-state index contributed by atoms with van der Waals surface area (Å²) >= 11 is 0. The molecule has 0 radical (unpaired) electrons. The molecule has 2 aromatic carbocycles. The highest BCUT2D eigenvalue weighted by molar-refractivity contribution is 5.86. The highest BCUT2D eigenvalue weighted by atomic mass is 16.5. The van der Waals surface area contributed by atoms with Crippen molar-refractivity contribution in [1.82, 2.24) is 4.90 Å². The van der Waals surface area contributed by atoms with Crippen molar-refractivity contribution in [2.75, 3.05) is 38.2 Å². The van der Waals surface area contributed by atoms with Crippen LogP contribution in [0, 0.1) is 6.92 Å². The number of nitrogens with zero attached hydrogens (tertiary/aromatic N) is 2. The molecule has 2 heterocycles. The van der Waals surface area contributed by atoms with E-state index in [4.69, 9.17) is 13.9 Å². The maximum absolute atomic E-state index is 12.2. The fourth-order valence-electron chi connectivity index (χ4n) is 4.64. The molecular weight excluding hydrogens is 460 g/mol. The SMILES string of the molecule is COc1ccc(N2CCN(Cc3c(O)c(CCC(=O)OC(C)C)cc4c(C)cc(=O)oc34)CC2)cc1. The lowest BCUT2D eigenvalue weighted by molar-refractivity contribution is -0.147. The van der Waals surface area contributed by atoms with Gasteiger partial charge in [0.05, 0.1) is 18.8 Å². The molecule has 1 aliphatic heterocycles. The van der Waals surface area contributed by atoms with Crippen LogP contribution in [0.4, 0.5) is 5.69 Å². The Kier molecular flexibility index (Phi) is 7.84. The van der Waals surface area contributed by atoms with E-state index in [1.807, 2.05) is 39.0 Å². The zero-order valence-corrected chi connectivity index (χ0v) is 21.4. The number of phenols is 1. The summed E-state index contributed by atoms with van der Waals surface area (Å²) in [4.78, 5) is 28.8. The molecule has 3 aromatic rings. The van der Waals surface area contributed by atoms with E-state index < -0.39 is 5.63 Å². The third kappa shape index (κ3) is 5.82. The van der Waals surface area contributed by atoms with Gasteiger partial charge >= 0.3 is 11.6 Å². The first kappa shape index (κ1) is 25.6. The van der Waals surface area contributed by atoms with E-state index in [1.165, 1.54) is 6.07 Å². The van der Waals surface area contributed by atoms with Gasteiger partial charge in [-0.25, -0.2) is 4.79 Å². The fourth-order valence-corrected chi connectivity index (χ4v) is 4.64. The number of hydrogen-bond donors (Lipinski definition) is 1. The van der Waals surface area contributed by atoms with Crippen LogP contribution in [0.15, 0.2) is 45.6 Å². The standard InChI is InChI=1S/C28H34N2O6/c1-18(2)35-25(31)10-5-20-16-23-19(3)15-26(32)36-28(23)24(27(20)33)17-29-11-13-30(14-12-29)21-6-8-22(34-4)9-7-21/h6-9,15-16,18,33H,5,10-14,17H2,1-4H3. The van der Waals surface area contributed by atoms with Crippen molar-refractivity contribution >= 4 is 22.6 Å². The summed E-state index contributed by atoms with van der Waals surface area (Å²) in [6, 6.07) is 11.3. The number of anilines is 1. The molecule has 1 aliphatic rings. The molecule has 0 unspecified atom stereocenters. The Bertz CT molecular complexity index is 1270. The number of aromatic hydroxyl groups is 1. The smallest absolute Gasteiger partial charge is 0.336 e. The summed E-state index contributed by atoms with van der Waals surface area (Å²) in [6.45, 7) is 9.14. The molecule has 8 heteroatoms. The number of methoxy groups -OCH3 is 1. The van der Waals surface area contributed by atoms with Crippen LogP contribution in [0.1, 0.15) is 37.0 Å². The van der Waals surface area contributed by atoms with E-state index in [0.29, 0.717) is 29.7 Å². The van der Waals surface area contributed by atoms with Crippen LogP contribution in [-0.2, 0) is 22.5 Å². The van der Waals surface area contributed by atoms with E-state index in [9.17, 15) is 14.7 Å². The van der Waals surface area contributed by atoms with Crippen molar-refractivity contribution in [2.24, 2.45) is 0 Å². The van der Waals surface area contributed by atoms with Crippen molar-refractivity contribution < 1.29 is 23.8 Å². The van der Waals surface area contributed by atoms with E-state index in [2.05, 4.69) is 21.9 Å². The number of phenolic OH excluding ortho intramolecular Hbond substituents is 1. The summed E-state index contributed by atoms with van der Waals surface area (Å²) in [6.07, 6.45) is 0.309. The van der Waals surface area contributed by atoms with Gasteiger partial charge in [-0.3, -0.25) is 9.69 Å². The van der Waals surface area contributed by atoms with Crippen LogP contribution in [0.2, 0.25) is 0 Å². The molecule has 0 bridgehead atoms. The monoisotopic (exact) mass is 494 g/mol. The van der Waals surface area contributed by atoms with Gasteiger partial charge in [-0.1, -0.05) is 0 Å². The predicted molar refractivity (Wildman–Crippen MR) is 139 cm³/mol. The number of benzene rings is 2. The first-order chi connectivity index (χ1) is 17.2. The topological polar surface area (TPSA) is 92.5 Å². The van der Waals surface area contributed by atoms with Gasteiger partial charge in [0.25, 0.3) is 0 Å². The minimum absolute atomic E-state index is 0.0752. The molecule has 0 saturated carbocycles. The minimum Gasteiger partial charge on any atom is -0.507 e. The zero-order chi connectivity index (χ0) is 25.8. The Balaban J connectivity index is 1.55. The van der Waals surface area contributed by atoms with Gasteiger partial charge in [-0.2, -0.15) is 0 Å². The quantitative estimate of drug-likeness (QED) is 0.371. The Morgan fingerprint density at radius 3 is 2.44 bits per heavy atom. The fraction of sp³-hybridized carbons (Fsp3) is 0.429. The largest absolute Gasteiger partial charge is 0.507 e. The Hall–Kier alpha value is -3.52.